The van der Waals surface area contributed by atoms with Crippen LogP contribution >= 0.6 is 0 Å². The van der Waals surface area contributed by atoms with Gasteiger partial charge < -0.3 is 10.2 Å². The van der Waals surface area contributed by atoms with E-state index in [0.717, 1.165) is 30.5 Å². The van der Waals surface area contributed by atoms with Crippen molar-refractivity contribution in [2.75, 3.05) is 24.5 Å². The van der Waals surface area contributed by atoms with Crippen LogP contribution < -0.4 is 10.2 Å². The molecule has 1 unspecified atom stereocenters. The number of nitrogens with zero attached hydrogens (tertiary/aromatic N) is 2. The first-order valence-corrected chi connectivity index (χ1v) is 8.56. The Morgan fingerprint density at radius 1 is 1.24 bits per heavy atom. The quantitative estimate of drug-likeness (QED) is 0.857. The highest BCUT2D eigenvalue weighted by Gasteiger charge is 2.21. The van der Waals surface area contributed by atoms with Crippen LogP contribution in [-0.4, -0.2) is 24.6 Å². The molecule has 21 heavy (non-hydrogen) atoms. The first kappa shape index (κ1) is 16.3. The maximum absolute atomic E-state index is 4.66. The monoisotopic (exact) mass is 289 g/mol. The summed E-state index contributed by atoms with van der Waals surface area (Å²) in [6.07, 6.45) is 5.84. The lowest BCUT2D eigenvalue weighted by Crippen LogP contribution is -2.35. The first-order valence-electron chi connectivity index (χ1n) is 8.56. The van der Waals surface area contributed by atoms with Crippen LogP contribution in [0.3, 0.4) is 0 Å². The number of aromatic nitrogens is 1. The Bertz CT molecular complexity index is 405. The van der Waals surface area contributed by atoms with Gasteiger partial charge in [0.2, 0.25) is 0 Å². The molecule has 0 bridgehead atoms. The van der Waals surface area contributed by atoms with Gasteiger partial charge >= 0.3 is 0 Å². The van der Waals surface area contributed by atoms with Crippen LogP contribution in [0, 0.1) is 11.8 Å². The Hall–Kier alpha value is -1.09. The molecule has 3 heteroatoms. The molecule has 0 aromatic carbocycles. The van der Waals surface area contributed by atoms with Crippen LogP contribution in [0.2, 0.25) is 0 Å². The van der Waals surface area contributed by atoms with E-state index in [1.807, 2.05) is 0 Å². The maximum Gasteiger partial charge on any atom is 0.0572 e. The number of pyridine rings is 1. The standard InChI is InChI=1S/C18H31N3/c1-5-10-19-15(4)18-7-6-17(13-20-18)21-11-8-16(9-12-21)14(2)3/h6-7,13-16,19H,5,8-12H2,1-4H3. The predicted octanol–water partition coefficient (Wildman–Crippen LogP) is 4.01. The minimum atomic E-state index is 0.339. The summed E-state index contributed by atoms with van der Waals surface area (Å²) in [4.78, 5) is 7.14. The third kappa shape index (κ3) is 4.44. The summed E-state index contributed by atoms with van der Waals surface area (Å²) in [6, 6.07) is 4.75. The zero-order chi connectivity index (χ0) is 15.2. The molecule has 0 spiro atoms. The molecule has 1 aliphatic rings. The van der Waals surface area contributed by atoms with E-state index in [1.54, 1.807) is 0 Å². The highest BCUT2D eigenvalue weighted by Crippen LogP contribution is 2.27. The third-order valence-corrected chi connectivity index (χ3v) is 4.76. The molecule has 0 saturated carbocycles. The van der Waals surface area contributed by atoms with Gasteiger partial charge in [-0.15, -0.1) is 0 Å². The van der Waals surface area contributed by atoms with Gasteiger partial charge in [0.25, 0.3) is 0 Å². The smallest absolute Gasteiger partial charge is 0.0572 e. The third-order valence-electron chi connectivity index (χ3n) is 4.76. The molecule has 1 aromatic rings. The van der Waals surface area contributed by atoms with E-state index < -0.39 is 0 Å². The molecule has 3 nitrogen and oxygen atoms in total. The zero-order valence-corrected chi connectivity index (χ0v) is 14.1. The van der Waals surface area contributed by atoms with Crippen LogP contribution in [0.1, 0.15) is 58.7 Å². The number of nitrogens with one attached hydrogen (secondary N) is 1. The minimum absolute atomic E-state index is 0.339. The lowest BCUT2D eigenvalue weighted by atomic mass is 9.86. The number of anilines is 1. The van der Waals surface area contributed by atoms with E-state index in [2.05, 4.69) is 61.2 Å². The van der Waals surface area contributed by atoms with E-state index in [4.69, 9.17) is 0 Å². The summed E-state index contributed by atoms with van der Waals surface area (Å²) in [5.41, 5.74) is 2.42. The first-order chi connectivity index (χ1) is 10.1. The summed E-state index contributed by atoms with van der Waals surface area (Å²) < 4.78 is 0. The number of piperidine rings is 1. The normalized spacial score (nSPS) is 18.2. The Morgan fingerprint density at radius 2 is 1.95 bits per heavy atom. The summed E-state index contributed by atoms with van der Waals surface area (Å²) in [7, 11) is 0. The van der Waals surface area contributed by atoms with E-state index >= 15 is 0 Å². The molecule has 0 radical (unpaired) electrons. The summed E-state index contributed by atoms with van der Waals surface area (Å²) in [5.74, 6) is 1.71. The highest BCUT2D eigenvalue weighted by molar-refractivity contribution is 5.45. The Kier molecular flexibility index (Phi) is 6.04. The summed E-state index contributed by atoms with van der Waals surface area (Å²) >= 11 is 0. The van der Waals surface area contributed by atoms with Gasteiger partial charge in [-0.05, 0) is 56.7 Å². The number of hydrogen-bond donors (Lipinski definition) is 1. The van der Waals surface area contributed by atoms with E-state index in [-0.39, 0.29) is 0 Å². The molecule has 1 aliphatic heterocycles. The number of rotatable bonds is 6. The summed E-state index contributed by atoms with van der Waals surface area (Å²) in [6.45, 7) is 12.5. The van der Waals surface area contributed by atoms with Crippen molar-refractivity contribution in [2.45, 2.75) is 53.0 Å². The fourth-order valence-electron chi connectivity index (χ4n) is 3.13. The van der Waals surface area contributed by atoms with Gasteiger partial charge in [0.05, 0.1) is 17.6 Å². The van der Waals surface area contributed by atoms with Gasteiger partial charge in [-0.25, -0.2) is 0 Å². The van der Waals surface area contributed by atoms with Crippen molar-refractivity contribution in [2.24, 2.45) is 11.8 Å². The molecular weight excluding hydrogens is 258 g/mol. The lowest BCUT2D eigenvalue weighted by Gasteiger charge is -2.35. The van der Waals surface area contributed by atoms with Crippen molar-refractivity contribution in [1.29, 1.82) is 0 Å². The Labute approximate surface area is 130 Å². The molecule has 1 aromatic heterocycles. The molecule has 2 heterocycles. The van der Waals surface area contributed by atoms with Gasteiger partial charge in [0.15, 0.2) is 0 Å². The molecule has 1 fully saturated rings. The van der Waals surface area contributed by atoms with E-state index in [0.29, 0.717) is 6.04 Å². The zero-order valence-electron chi connectivity index (χ0n) is 14.1. The van der Waals surface area contributed by atoms with Crippen LogP contribution in [0.4, 0.5) is 5.69 Å². The second-order valence-electron chi connectivity index (χ2n) is 6.69. The van der Waals surface area contributed by atoms with Gasteiger partial charge in [0.1, 0.15) is 0 Å². The predicted molar refractivity (Wildman–Crippen MR) is 90.7 cm³/mol. The molecule has 1 atom stereocenters. The molecular formula is C18H31N3. The van der Waals surface area contributed by atoms with Crippen molar-refractivity contribution < 1.29 is 0 Å². The average Bonchev–Trinajstić information content (AvgIpc) is 2.53. The van der Waals surface area contributed by atoms with Gasteiger partial charge in [-0.3, -0.25) is 4.98 Å². The van der Waals surface area contributed by atoms with Crippen molar-refractivity contribution >= 4 is 5.69 Å². The van der Waals surface area contributed by atoms with Crippen LogP contribution in [0.5, 0.6) is 0 Å². The number of hydrogen-bond acceptors (Lipinski definition) is 3. The van der Waals surface area contributed by atoms with E-state index in [9.17, 15) is 0 Å². The molecule has 2 rings (SSSR count). The topological polar surface area (TPSA) is 28.2 Å². The fraction of sp³-hybridized carbons (Fsp3) is 0.722. The molecule has 1 saturated heterocycles. The molecule has 118 valence electrons. The van der Waals surface area contributed by atoms with Crippen LogP contribution in [0.15, 0.2) is 18.3 Å². The second kappa shape index (κ2) is 7.79. The van der Waals surface area contributed by atoms with Crippen molar-refractivity contribution in [3.05, 3.63) is 24.0 Å². The minimum Gasteiger partial charge on any atom is -0.370 e. The summed E-state index contributed by atoms with van der Waals surface area (Å²) in [5, 5.41) is 3.49. The second-order valence-corrected chi connectivity index (χ2v) is 6.69. The van der Waals surface area contributed by atoms with Gasteiger partial charge in [-0.1, -0.05) is 20.8 Å². The fourth-order valence-corrected chi connectivity index (χ4v) is 3.13. The molecule has 0 aliphatic carbocycles. The van der Waals surface area contributed by atoms with Gasteiger partial charge in [-0.2, -0.15) is 0 Å². The van der Waals surface area contributed by atoms with Crippen molar-refractivity contribution in [3.63, 3.8) is 0 Å². The lowest BCUT2D eigenvalue weighted by molar-refractivity contribution is 0.311. The van der Waals surface area contributed by atoms with E-state index in [1.165, 1.54) is 31.6 Å². The molecule has 1 N–H and O–H groups in total. The van der Waals surface area contributed by atoms with Crippen LogP contribution in [-0.2, 0) is 0 Å². The largest absolute Gasteiger partial charge is 0.370 e. The Balaban J connectivity index is 1.91. The highest BCUT2D eigenvalue weighted by atomic mass is 15.1. The van der Waals surface area contributed by atoms with Crippen molar-refractivity contribution in [1.82, 2.24) is 10.3 Å². The van der Waals surface area contributed by atoms with Gasteiger partial charge in [0, 0.05) is 19.1 Å². The average molecular weight is 289 g/mol. The van der Waals surface area contributed by atoms with Crippen molar-refractivity contribution in [3.8, 4) is 0 Å². The SMILES string of the molecule is CCCNC(C)c1ccc(N2CCC(C(C)C)CC2)cn1. The molecule has 0 amide bonds. The maximum atomic E-state index is 4.66. The Morgan fingerprint density at radius 3 is 2.48 bits per heavy atom. The van der Waals surface area contributed by atoms with Crippen LogP contribution in [0.25, 0.3) is 0 Å².